The van der Waals surface area contributed by atoms with Gasteiger partial charge in [0.1, 0.15) is 5.82 Å². The van der Waals surface area contributed by atoms with Gasteiger partial charge in [-0.1, -0.05) is 29.8 Å². The van der Waals surface area contributed by atoms with E-state index in [1.807, 2.05) is 20.8 Å². The third-order valence-electron chi connectivity index (χ3n) is 3.71. The van der Waals surface area contributed by atoms with Crippen LogP contribution in [0.2, 0.25) is 0 Å². The Morgan fingerprint density at radius 1 is 1.04 bits per heavy atom. The Morgan fingerprint density at radius 3 is 2.26 bits per heavy atom. The predicted octanol–water partition coefficient (Wildman–Crippen LogP) is 3.87. The van der Waals surface area contributed by atoms with Crippen molar-refractivity contribution in [1.29, 1.82) is 0 Å². The molecule has 0 aliphatic rings. The lowest BCUT2D eigenvalue weighted by molar-refractivity contribution is -0.116. The van der Waals surface area contributed by atoms with Gasteiger partial charge in [0.15, 0.2) is 0 Å². The quantitative estimate of drug-likeness (QED) is 0.795. The maximum absolute atomic E-state index is 12.8. The van der Waals surface area contributed by atoms with Crippen LogP contribution >= 0.6 is 0 Å². The molecule has 0 aliphatic heterocycles. The Labute approximate surface area is 136 Å². The monoisotopic (exact) mass is 314 g/mol. The van der Waals surface area contributed by atoms with Crippen LogP contribution in [0.5, 0.6) is 0 Å². The van der Waals surface area contributed by atoms with Crippen LogP contribution in [0.3, 0.4) is 0 Å². The van der Waals surface area contributed by atoms with Crippen molar-refractivity contribution in [3.8, 4) is 0 Å². The molecular weight excluding hydrogens is 291 g/mol. The average Bonchev–Trinajstić information content (AvgIpc) is 2.49. The summed E-state index contributed by atoms with van der Waals surface area (Å²) in [4.78, 5) is 12.1. The van der Waals surface area contributed by atoms with Crippen LogP contribution in [0, 0.1) is 26.6 Å². The van der Waals surface area contributed by atoms with Crippen LogP contribution in [-0.4, -0.2) is 12.5 Å². The fourth-order valence-corrected chi connectivity index (χ4v) is 2.62. The van der Waals surface area contributed by atoms with Gasteiger partial charge >= 0.3 is 0 Å². The van der Waals surface area contributed by atoms with E-state index < -0.39 is 0 Å². The molecule has 0 saturated heterocycles. The standard InChI is InChI=1S/C19H23FN2O/c1-13-10-14(2)19(15(3)11-13)22-18(23)8-9-21-12-16-4-6-17(20)7-5-16/h4-7,10-11,21H,8-9,12H2,1-3H3,(H,22,23). The van der Waals surface area contributed by atoms with E-state index in [1.165, 1.54) is 17.7 Å². The van der Waals surface area contributed by atoms with E-state index in [9.17, 15) is 9.18 Å². The lowest BCUT2D eigenvalue weighted by atomic mass is 10.1. The van der Waals surface area contributed by atoms with Crippen LogP contribution in [0.4, 0.5) is 10.1 Å². The number of hydrogen-bond donors (Lipinski definition) is 2. The number of aryl methyl sites for hydroxylation is 3. The molecule has 3 nitrogen and oxygen atoms in total. The molecule has 4 heteroatoms. The highest BCUT2D eigenvalue weighted by molar-refractivity contribution is 5.92. The van der Waals surface area contributed by atoms with E-state index in [0.717, 1.165) is 22.4 Å². The second-order valence-corrected chi connectivity index (χ2v) is 5.88. The number of hydrogen-bond acceptors (Lipinski definition) is 2. The van der Waals surface area contributed by atoms with E-state index in [-0.39, 0.29) is 11.7 Å². The summed E-state index contributed by atoms with van der Waals surface area (Å²) in [6.07, 6.45) is 0.397. The number of anilines is 1. The zero-order valence-electron chi connectivity index (χ0n) is 13.9. The molecule has 0 saturated carbocycles. The molecule has 0 aliphatic carbocycles. The van der Waals surface area contributed by atoms with Crippen LogP contribution in [0.15, 0.2) is 36.4 Å². The molecule has 122 valence electrons. The summed E-state index contributed by atoms with van der Waals surface area (Å²) in [5, 5.41) is 6.18. The van der Waals surface area contributed by atoms with Crippen LogP contribution in [0.1, 0.15) is 28.7 Å². The molecule has 2 aromatic rings. The Bertz CT molecular complexity index is 657. The van der Waals surface area contributed by atoms with E-state index in [4.69, 9.17) is 0 Å². The van der Waals surface area contributed by atoms with Gasteiger partial charge < -0.3 is 10.6 Å². The molecule has 1 amide bonds. The molecule has 2 rings (SSSR count). The van der Waals surface area contributed by atoms with E-state index in [0.29, 0.717) is 19.5 Å². The van der Waals surface area contributed by atoms with Gasteiger partial charge in [-0.15, -0.1) is 0 Å². The number of carbonyl (C=O) groups excluding carboxylic acids is 1. The number of rotatable bonds is 6. The molecule has 0 spiro atoms. The van der Waals surface area contributed by atoms with Crippen molar-refractivity contribution >= 4 is 11.6 Å². The van der Waals surface area contributed by atoms with E-state index >= 15 is 0 Å². The zero-order chi connectivity index (χ0) is 16.8. The van der Waals surface area contributed by atoms with Gasteiger partial charge in [0.25, 0.3) is 0 Å². The Kier molecular flexibility index (Phi) is 5.88. The van der Waals surface area contributed by atoms with Crippen molar-refractivity contribution in [2.24, 2.45) is 0 Å². The first kappa shape index (κ1) is 17.2. The van der Waals surface area contributed by atoms with Crippen LogP contribution < -0.4 is 10.6 Å². The first-order valence-corrected chi connectivity index (χ1v) is 7.78. The highest BCUT2D eigenvalue weighted by atomic mass is 19.1. The van der Waals surface area contributed by atoms with Gasteiger partial charge in [-0.3, -0.25) is 4.79 Å². The molecule has 2 N–H and O–H groups in total. The SMILES string of the molecule is Cc1cc(C)c(NC(=O)CCNCc2ccc(F)cc2)c(C)c1. The Morgan fingerprint density at radius 2 is 1.65 bits per heavy atom. The van der Waals surface area contributed by atoms with E-state index in [2.05, 4.69) is 22.8 Å². The molecule has 0 heterocycles. The van der Waals surface area contributed by atoms with Crippen molar-refractivity contribution in [3.63, 3.8) is 0 Å². The molecule has 0 fully saturated rings. The molecule has 23 heavy (non-hydrogen) atoms. The van der Waals surface area contributed by atoms with Crippen LogP contribution in [0.25, 0.3) is 0 Å². The third kappa shape index (κ3) is 5.18. The van der Waals surface area contributed by atoms with Crippen molar-refractivity contribution < 1.29 is 9.18 Å². The second-order valence-electron chi connectivity index (χ2n) is 5.88. The summed E-state index contributed by atoms with van der Waals surface area (Å²) in [5.74, 6) is -0.247. The lowest BCUT2D eigenvalue weighted by Gasteiger charge is -2.13. The van der Waals surface area contributed by atoms with Crippen molar-refractivity contribution in [2.45, 2.75) is 33.7 Å². The largest absolute Gasteiger partial charge is 0.326 e. The highest BCUT2D eigenvalue weighted by Crippen LogP contribution is 2.21. The van der Waals surface area contributed by atoms with Crippen molar-refractivity contribution in [1.82, 2.24) is 5.32 Å². The van der Waals surface area contributed by atoms with Gasteiger partial charge in [-0.05, 0) is 49.6 Å². The van der Waals surface area contributed by atoms with E-state index in [1.54, 1.807) is 12.1 Å². The molecule has 0 atom stereocenters. The molecule has 0 unspecified atom stereocenters. The fourth-order valence-electron chi connectivity index (χ4n) is 2.62. The maximum atomic E-state index is 12.8. The summed E-state index contributed by atoms with van der Waals surface area (Å²) in [6.45, 7) is 7.25. The Balaban J connectivity index is 1.78. The topological polar surface area (TPSA) is 41.1 Å². The molecule has 0 bridgehead atoms. The summed E-state index contributed by atoms with van der Waals surface area (Å²) >= 11 is 0. The Hall–Kier alpha value is -2.20. The normalized spacial score (nSPS) is 10.6. The second kappa shape index (κ2) is 7.88. The predicted molar refractivity (Wildman–Crippen MR) is 92.0 cm³/mol. The molecule has 0 aromatic heterocycles. The average molecular weight is 314 g/mol. The minimum absolute atomic E-state index is 0.00772. The lowest BCUT2D eigenvalue weighted by Crippen LogP contribution is -2.22. The number of nitrogens with one attached hydrogen (secondary N) is 2. The van der Waals surface area contributed by atoms with Gasteiger partial charge in [0.05, 0.1) is 0 Å². The maximum Gasteiger partial charge on any atom is 0.225 e. The molecular formula is C19H23FN2O. The van der Waals surface area contributed by atoms with Crippen molar-refractivity contribution in [2.75, 3.05) is 11.9 Å². The summed E-state index contributed by atoms with van der Waals surface area (Å²) < 4.78 is 12.8. The minimum Gasteiger partial charge on any atom is -0.326 e. The van der Waals surface area contributed by atoms with Gasteiger partial charge in [0.2, 0.25) is 5.91 Å². The van der Waals surface area contributed by atoms with Gasteiger partial charge in [-0.25, -0.2) is 4.39 Å². The fraction of sp³-hybridized carbons (Fsp3) is 0.316. The summed E-state index contributed by atoms with van der Waals surface area (Å²) in [5.41, 5.74) is 5.25. The smallest absolute Gasteiger partial charge is 0.225 e. The van der Waals surface area contributed by atoms with Gasteiger partial charge in [-0.2, -0.15) is 0 Å². The highest BCUT2D eigenvalue weighted by Gasteiger charge is 2.08. The minimum atomic E-state index is -0.239. The van der Waals surface area contributed by atoms with Crippen LogP contribution in [-0.2, 0) is 11.3 Å². The van der Waals surface area contributed by atoms with Gasteiger partial charge in [0, 0.05) is 25.2 Å². The molecule has 0 radical (unpaired) electrons. The zero-order valence-corrected chi connectivity index (χ0v) is 13.9. The number of benzene rings is 2. The summed E-state index contributed by atoms with van der Waals surface area (Å²) in [7, 11) is 0. The first-order chi connectivity index (χ1) is 11.0. The van der Waals surface area contributed by atoms with Crippen molar-refractivity contribution in [3.05, 3.63) is 64.5 Å². The number of amides is 1. The third-order valence-corrected chi connectivity index (χ3v) is 3.71. The number of carbonyl (C=O) groups is 1. The summed E-state index contributed by atoms with van der Waals surface area (Å²) in [6, 6.07) is 10.5. The number of halogens is 1. The first-order valence-electron chi connectivity index (χ1n) is 7.78. The molecule has 2 aromatic carbocycles.